The number of hydrogen-bond donors (Lipinski definition) is 0. The number of benzene rings is 1. The van der Waals surface area contributed by atoms with Gasteiger partial charge in [0, 0.05) is 12.7 Å². The van der Waals surface area contributed by atoms with Crippen LogP contribution in [0.25, 0.3) is 0 Å². The summed E-state index contributed by atoms with van der Waals surface area (Å²) in [6.45, 7) is 3.83. The molecular weight excluding hydrogens is 238 g/mol. The van der Waals surface area contributed by atoms with Crippen LogP contribution in [-0.2, 0) is 0 Å². The minimum Gasteiger partial charge on any atom is -0.406 e. The topological polar surface area (TPSA) is 42.2 Å². The van der Waals surface area contributed by atoms with Gasteiger partial charge in [-0.3, -0.25) is 4.90 Å². The molecule has 90 valence electrons. The van der Waals surface area contributed by atoms with E-state index in [1.807, 2.05) is 43.1 Å². The highest BCUT2D eigenvalue weighted by Gasteiger charge is 2.16. The van der Waals surface area contributed by atoms with E-state index in [4.69, 9.17) is 16.0 Å². The number of para-hydroxylation sites is 1. The SMILES string of the molecule is Cc1ccccc1N(C)c1nnc(C(C)Cl)o1. The van der Waals surface area contributed by atoms with Crippen LogP contribution in [0, 0.1) is 6.92 Å². The van der Waals surface area contributed by atoms with Gasteiger partial charge in [-0.15, -0.1) is 16.7 Å². The molecule has 2 aromatic rings. The monoisotopic (exact) mass is 251 g/mol. The molecule has 2 rings (SSSR count). The van der Waals surface area contributed by atoms with E-state index in [1.165, 1.54) is 0 Å². The molecule has 1 atom stereocenters. The molecule has 0 spiro atoms. The molecule has 0 N–H and O–H groups in total. The van der Waals surface area contributed by atoms with Gasteiger partial charge in [-0.2, -0.15) is 0 Å². The Morgan fingerprint density at radius 2 is 2.00 bits per heavy atom. The Balaban J connectivity index is 2.31. The molecule has 1 aromatic carbocycles. The lowest BCUT2D eigenvalue weighted by Crippen LogP contribution is -2.11. The van der Waals surface area contributed by atoms with Gasteiger partial charge in [0.25, 0.3) is 0 Å². The van der Waals surface area contributed by atoms with Crippen LogP contribution in [0.1, 0.15) is 23.8 Å². The fourth-order valence-corrected chi connectivity index (χ4v) is 1.65. The van der Waals surface area contributed by atoms with E-state index in [0.717, 1.165) is 11.3 Å². The first-order valence-corrected chi connectivity index (χ1v) is 5.80. The summed E-state index contributed by atoms with van der Waals surface area (Å²) in [5, 5.41) is 7.60. The zero-order chi connectivity index (χ0) is 12.4. The van der Waals surface area contributed by atoms with Crippen molar-refractivity contribution in [2.75, 3.05) is 11.9 Å². The average molecular weight is 252 g/mol. The molecular formula is C12H14ClN3O. The average Bonchev–Trinajstić information content (AvgIpc) is 2.78. The van der Waals surface area contributed by atoms with Crippen LogP contribution in [0.5, 0.6) is 0 Å². The third-order valence-corrected chi connectivity index (χ3v) is 2.72. The van der Waals surface area contributed by atoms with E-state index in [-0.39, 0.29) is 5.38 Å². The van der Waals surface area contributed by atoms with Gasteiger partial charge >= 0.3 is 6.01 Å². The van der Waals surface area contributed by atoms with Crippen molar-refractivity contribution < 1.29 is 4.42 Å². The van der Waals surface area contributed by atoms with Crippen molar-refractivity contribution in [2.24, 2.45) is 0 Å². The first-order chi connectivity index (χ1) is 8.09. The van der Waals surface area contributed by atoms with E-state index in [1.54, 1.807) is 6.92 Å². The zero-order valence-corrected chi connectivity index (χ0v) is 10.8. The lowest BCUT2D eigenvalue weighted by molar-refractivity contribution is 0.499. The molecule has 0 fully saturated rings. The molecule has 1 aromatic heterocycles. The highest BCUT2D eigenvalue weighted by atomic mass is 35.5. The third-order valence-electron chi connectivity index (χ3n) is 2.53. The summed E-state index contributed by atoms with van der Waals surface area (Å²) in [6.07, 6.45) is 0. The summed E-state index contributed by atoms with van der Waals surface area (Å²) < 4.78 is 5.49. The Kier molecular flexibility index (Phi) is 3.33. The first-order valence-electron chi connectivity index (χ1n) is 5.36. The predicted octanol–water partition coefficient (Wildman–Crippen LogP) is 3.45. The van der Waals surface area contributed by atoms with E-state index >= 15 is 0 Å². The Morgan fingerprint density at radius 3 is 2.59 bits per heavy atom. The molecule has 0 amide bonds. The second-order valence-electron chi connectivity index (χ2n) is 3.88. The largest absolute Gasteiger partial charge is 0.406 e. The van der Waals surface area contributed by atoms with Gasteiger partial charge in [-0.25, -0.2) is 0 Å². The van der Waals surface area contributed by atoms with Crippen LogP contribution < -0.4 is 4.90 Å². The van der Waals surface area contributed by atoms with Gasteiger partial charge in [0.15, 0.2) is 0 Å². The number of nitrogens with zero attached hydrogens (tertiary/aromatic N) is 3. The molecule has 1 heterocycles. The maximum atomic E-state index is 5.88. The number of rotatable bonds is 3. The Bertz CT molecular complexity index is 510. The number of hydrogen-bond acceptors (Lipinski definition) is 4. The number of aryl methyl sites for hydroxylation is 1. The lowest BCUT2D eigenvalue weighted by Gasteiger charge is -2.16. The molecule has 0 aliphatic heterocycles. The number of anilines is 2. The fraction of sp³-hybridized carbons (Fsp3) is 0.333. The van der Waals surface area contributed by atoms with E-state index < -0.39 is 0 Å². The molecule has 17 heavy (non-hydrogen) atoms. The first kappa shape index (κ1) is 11.9. The molecule has 0 saturated heterocycles. The Morgan fingerprint density at radius 1 is 1.29 bits per heavy atom. The Hall–Kier alpha value is -1.55. The van der Waals surface area contributed by atoms with Crippen molar-refractivity contribution in [3.05, 3.63) is 35.7 Å². The van der Waals surface area contributed by atoms with Gasteiger partial charge in [0.1, 0.15) is 5.38 Å². The highest BCUT2D eigenvalue weighted by Crippen LogP contribution is 2.27. The zero-order valence-electron chi connectivity index (χ0n) is 10.0. The summed E-state index contributed by atoms with van der Waals surface area (Å²) in [6, 6.07) is 8.45. The van der Waals surface area contributed by atoms with Crippen molar-refractivity contribution in [2.45, 2.75) is 19.2 Å². The molecule has 4 nitrogen and oxygen atoms in total. The van der Waals surface area contributed by atoms with Crippen molar-refractivity contribution in [1.82, 2.24) is 10.2 Å². The molecule has 5 heteroatoms. The van der Waals surface area contributed by atoms with Gasteiger partial charge in [0.2, 0.25) is 5.89 Å². The van der Waals surface area contributed by atoms with Gasteiger partial charge in [-0.1, -0.05) is 23.3 Å². The van der Waals surface area contributed by atoms with Gasteiger partial charge in [0.05, 0.1) is 0 Å². The van der Waals surface area contributed by atoms with Crippen molar-refractivity contribution >= 4 is 23.3 Å². The molecule has 0 saturated carbocycles. The molecule has 0 bridgehead atoms. The van der Waals surface area contributed by atoms with Crippen LogP contribution >= 0.6 is 11.6 Å². The van der Waals surface area contributed by atoms with Crippen LogP contribution in [0.15, 0.2) is 28.7 Å². The lowest BCUT2D eigenvalue weighted by atomic mass is 10.2. The van der Waals surface area contributed by atoms with Crippen LogP contribution in [0.4, 0.5) is 11.7 Å². The van der Waals surface area contributed by atoms with Crippen molar-refractivity contribution in [1.29, 1.82) is 0 Å². The molecule has 0 aliphatic rings. The molecule has 0 radical (unpaired) electrons. The summed E-state index contributed by atoms with van der Waals surface area (Å²) >= 11 is 5.88. The smallest absolute Gasteiger partial charge is 0.322 e. The van der Waals surface area contributed by atoms with Gasteiger partial charge < -0.3 is 4.42 Å². The standard InChI is InChI=1S/C12H14ClN3O/c1-8-6-4-5-7-10(8)16(3)12-15-14-11(17-12)9(2)13/h4-7,9H,1-3H3. The van der Waals surface area contributed by atoms with Crippen LogP contribution in [0.3, 0.4) is 0 Å². The predicted molar refractivity (Wildman–Crippen MR) is 67.8 cm³/mol. The van der Waals surface area contributed by atoms with Gasteiger partial charge in [-0.05, 0) is 25.5 Å². The normalized spacial score (nSPS) is 12.5. The second-order valence-corrected chi connectivity index (χ2v) is 4.54. The van der Waals surface area contributed by atoms with Crippen LogP contribution in [-0.4, -0.2) is 17.2 Å². The molecule has 1 unspecified atom stereocenters. The fourth-order valence-electron chi connectivity index (χ4n) is 1.57. The summed E-state index contributed by atoms with van der Waals surface area (Å²) in [7, 11) is 1.89. The molecule has 0 aliphatic carbocycles. The number of alkyl halides is 1. The van der Waals surface area contributed by atoms with Crippen molar-refractivity contribution in [3.8, 4) is 0 Å². The maximum absolute atomic E-state index is 5.88. The number of halogens is 1. The maximum Gasteiger partial charge on any atom is 0.322 e. The van der Waals surface area contributed by atoms with E-state index in [0.29, 0.717) is 11.9 Å². The van der Waals surface area contributed by atoms with Crippen molar-refractivity contribution in [3.63, 3.8) is 0 Å². The van der Waals surface area contributed by atoms with E-state index in [2.05, 4.69) is 10.2 Å². The minimum absolute atomic E-state index is 0.276. The second kappa shape index (κ2) is 4.75. The minimum atomic E-state index is -0.276. The summed E-state index contributed by atoms with van der Waals surface area (Å²) in [5.41, 5.74) is 2.18. The van der Waals surface area contributed by atoms with Crippen LogP contribution in [0.2, 0.25) is 0 Å². The number of aromatic nitrogens is 2. The Labute approximate surface area is 105 Å². The third kappa shape index (κ3) is 2.42. The quantitative estimate of drug-likeness (QED) is 0.784. The summed E-state index contributed by atoms with van der Waals surface area (Å²) in [4.78, 5) is 1.85. The van der Waals surface area contributed by atoms with E-state index in [9.17, 15) is 0 Å². The summed E-state index contributed by atoms with van der Waals surface area (Å²) in [5.74, 6) is 0.433. The highest BCUT2D eigenvalue weighted by molar-refractivity contribution is 6.20.